The maximum absolute atomic E-state index is 4.18. The van der Waals surface area contributed by atoms with Gasteiger partial charge >= 0.3 is 0 Å². The Kier molecular flexibility index (Phi) is 3.35. The van der Waals surface area contributed by atoms with Crippen LogP contribution in [0.15, 0.2) is 54.9 Å². The Hall–Kier alpha value is -1.63. The van der Waals surface area contributed by atoms with E-state index in [9.17, 15) is 0 Å². The van der Waals surface area contributed by atoms with Crippen LogP contribution in [0.5, 0.6) is 0 Å². The van der Waals surface area contributed by atoms with Crippen molar-refractivity contribution < 1.29 is 0 Å². The zero-order chi connectivity index (χ0) is 11.4. The summed E-state index contributed by atoms with van der Waals surface area (Å²) in [6.07, 6.45) is 3.79. The first kappa shape index (κ1) is 10.9. The topological polar surface area (TPSA) is 12.9 Å². The number of aromatic nitrogens is 1. The smallest absolute Gasteiger partial charge is 0.0302 e. The first-order valence-corrected chi connectivity index (χ1v) is 5.74. The number of nitrogens with zero attached hydrogens (tertiary/aromatic N) is 1. The molecule has 2 unspecified atom stereocenters. The molecule has 16 heavy (non-hydrogen) atoms. The summed E-state index contributed by atoms with van der Waals surface area (Å²) in [4.78, 5) is 4.18. The molecule has 0 saturated carbocycles. The van der Waals surface area contributed by atoms with Crippen molar-refractivity contribution in [3.63, 3.8) is 0 Å². The second-order valence-electron chi connectivity index (χ2n) is 4.27. The van der Waals surface area contributed by atoms with Gasteiger partial charge in [-0.2, -0.15) is 0 Å². The van der Waals surface area contributed by atoms with Crippen LogP contribution in [0.4, 0.5) is 0 Å². The summed E-state index contributed by atoms with van der Waals surface area (Å²) in [6, 6.07) is 14.8. The molecule has 0 radical (unpaired) electrons. The fraction of sp³-hybridized carbons (Fsp3) is 0.267. The van der Waals surface area contributed by atoms with Crippen molar-refractivity contribution >= 4 is 0 Å². The van der Waals surface area contributed by atoms with E-state index in [-0.39, 0.29) is 0 Å². The second-order valence-corrected chi connectivity index (χ2v) is 4.27. The molecule has 0 saturated heterocycles. The number of pyridine rings is 1. The summed E-state index contributed by atoms with van der Waals surface area (Å²) in [6.45, 7) is 4.53. The monoisotopic (exact) mass is 211 g/mol. The first-order chi connectivity index (χ1) is 7.79. The summed E-state index contributed by atoms with van der Waals surface area (Å²) in [5.41, 5.74) is 2.69. The molecule has 2 aromatic rings. The molecule has 0 fully saturated rings. The van der Waals surface area contributed by atoms with Crippen molar-refractivity contribution in [2.24, 2.45) is 0 Å². The molecule has 2 atom stereocenters. The van der Waals surface area contributed by atoms with E-state index in [4.69, 9.17) is 0 Å². The van der Waals surface area contributed by atoms with Crippen LogP contribution in [-0.2, 0) is 0 Å². The highest BCUT2D eigenvalue weighted by Gasteiger charge is 2.15. The molecule has 1 aromatic carbocycles. The van der Waals surface area contributed by atoms with Crippen molar-refractivity contribution in [3.05, 3.63) is 66.0 Å². The molecule has 0 N–H and O–H groups in total. The maximum Gasteiger partial charge on any atom is 0.0302 e. The predicted molar refractivity (Wildman–Crippen MR) is 67.5 cm³/mol. The number of rotatable bonds is 3. The molecule has 1 heteroatoms. The number of benzene rings is 1. The van der Waals surface area contributed by atoms with Crippen molar-refractivity contribution in [1.82, 2.24) is 4.98 Å². The highest BCUT2D eigenvalue weighted by Crippen LogP contribution is 2.31. The predicted octanol–water partition coefficient (Wildman–Crippen LogP) is 3.99. The quantitative estimate of drug-likeness (QED) is 0.748. The van der Waals surface area contributed by atoms with Gasteiger partial charge in [0.1, 0.15) is 0 Å². The van der Waals surface area contributed by atoms with Gasteiger partial charge in [-0.05, 0) is 29.0 Å². The lowest BCUT2D eigenvalue weighted by Crippen LogP contribution is -2.04. The van der Waals surface area contributed by atoms with Crippen LogP contribution >= 0.6 is 0 Å². The van der Waals surface area contributed by atoms with E-state index in [1.165, 1.54) is 11.1 Å². The van der Waals surface area contributed by atoms with Gasteiger partial charge < -0.3 is 0 Å². The minimum Gasteiger partial charge on any atom is -0.264 e. The molecule has 2 rings (SSSR count). The lowest BCUT2D eigenvalue weighted by molar-refractivity contribution is 0.621. The van der Waals surface area contributed by atoms with E-state index in [2.05, 4.69) is 55.2 Å². The van der Waals surface area contributed by atoms with E-state index >= 15 is 0 Å². The summed E-state index contributed by atoms with van der Waals surface area (Å²) < 4.78 is 0. The van der Waals surface area contributed by atoms with Gasteiger partial charge in [-0.3, -0.25) is 4.98 Å². The Bertz CT molecular complexity index is 378. The zero-order valence-electron chi connectivity index (χ0n) is 9.80. The summed E-state index contributed by atoms with van der Waals surface area (Å²) >= 11 is 0. The van der Waals surface area contributed by atoms with Crippen molar-refractivity contribution in [2.75, 3.05) is 0 Å². The molecule has 0 aliphatic carbocycles. The number of hydrogen-bond acceptors (Lipinski definition) is 1. The van der Waals surface area contributed by atoms with Gasteiger partial charge in [-0.1, -0.05) is 50.2 Å². The van der Waals surface area contributed by atoms with Gasteiger partial charge in [0.15, 0.2) is 0 Å². The molecular formula is C15H17N. The van der Waals surface area contributed by atoms with Crippen LogP contribution < -0.4 is 0 Å². The minimum absolute atomic E-state index is 0.496. The fourth-order valence-electron chi connectivity index (χ4n) is 1.98. The third-order valence-electron chi connectivity index (χ3n) is 3.29. The van der Waals surface area contributed by atoms with E-state index in [1.54, 1.807) is 0 Å². The Morgan fingerprint density at radius 3 is 2.06 bits per heavy atom. The number of hydrogen-bond donors (Lipinski definition) is 0. The Morgan fingerprint density at radius 1 is 0.812 bits per heavy atom. The van der Waals surface area contributed by atoms with E-state index in [0.717, 1.165) is 0 Å². The average Bonchev–Trinajstić information content (AvgIpc) is 2.39. The van der Waals surface area contributed by atoms with Gasteiger partial charge in [0.05, 0.1) is 0 Å². The van der Waals surface area contributed by atoms with Gasteiger partial charge in [0.2, 0.25) is 0 Å². The molecule has 0 aliphatic heterocycles. The molecule has 0 aliphatic rings. The van der Waals surface area contributed by atoms with Gasteiger partial charge in [-0.15, -0.1) is 0 Å². The SMILES string of the molecule is CC(c1ccccc1)C(C)c1cccnc1. The normalized spacial score (nSPS) is 14.4. The average molecular weight is 211 g/mol. The largest absolute Gasteiger partial charge is 0.264 e. The lowest BCUT2D eigenvalue weighted by atomic mass is 9.85. The Balaban J connectivity index is 2.20. The highest BCUT2D eigenvalue weighted by molar-refractivity contribution is 5.25. The molecule has 1 heterocycles. The van der Waals surface area contributed by atoms with Crippen molar-refractivity contribution in [2.45, 2.75) is 25.7 Å². The van der Waals surface area contributed by atoms with E-state index < -0.39 is 0 Å². The highest BCUT2D eigenvalue weighted by atomic mass is 14.6. The van der Waals surface area contributed by atoms with Gasteiger partial charge in [0, 0.05) is 12.4 Å². The molecule has 0 bridgehead atoms. The summed E-state index contributed by atoms with van der Waals surface area (Å²) in [7, 11) is 0. The van der Waals surface area contributed by atoms with Crippen LogP contribution in [0, 0.1) is 0 Å². The van der Waals surface area contributed by atoms with Crippen LogP contribution in [0.3, 0.4) is 0 Å². The van der Waals surface area contributed by atoms with Gasteiger partial charge in [0.25, 0.3) is 0 Å². The van der Waals surface area contributed by atoms with E-state index in [1.807, 2.05) is 18.5 Å². The minimum atomic E-state index is 0.496. The molecule has 1 aromatic heterocycles. The van der Waals surface area contributed by atoms with E-state index in [0.29, 0.717) is 11.8 Å². The Labute approximate surface area is 97.2 Å². The van der Waals surface area contributed by atoms with Crippen LogP contribution in [0.1, 0.15) is 36.8 Å². The summed E-state index contributed by atoms with van der Waals surface area (Å²) in [5, 5.41) is 0. The zero-order valence-corrected chi connectivity index (χ0v) is 9.80. The maximum atomic E-state index is 4.18. The van der Waals surface area contributed by atoms with Crippen molar-refractivity contribution in [3.8, 4) is 0 Å². The van der Waals surface area contributed by atoms with Gasteiger partial charge in [-0.25, -0.2) is 0 Å². The van der Waals surface area contributed by atoms with Crippen LogP contribution in [0.2, 0.25) is 0 Å². The second kappa shape index (κ2) is 4.93. The standard InChI is InChI=1S/C15H17N/c1-12(14-7-4-3-5-8-14)13(2)15-9-6-10-16-11-15/h3-13H,1-2H3. The molecule has 1 nitrogen and oxygen atoms in total. The van der Waals surface area contributed by atoms with Crippen LogP contribution in [-0.4, -0.2) is 4.98 Å². The van der Waals surface area contributed by atoms with Crippen molar-refractivity contribution in [1.29, 1.82) is 0 Å². The molecule has 82 valence electrons. The summed E-state index contributed by atoms with van der Waals surface area (Å²) in [5.74, 6) is 1.02. The molecule has 0 spiro atoms. The fourth-order valence-corrected chi connectivity index (χ4v) is 1.98. The first-order valence-electron chi connectivity index (χ1n) is 5.74. The Morgan fingerprint density at radius 2 is 1.44 bits per heavy atom. The molecule has 0 amide bonds. The van der Waals surface area contributed by atoms with Crippen LogP contribution in [0.25, 0.3) is 0 Å². The third-order valence-corrected chi connectivity index (χ3v) is 3.29. The molecular weight excluding hydrogens is 194 g/mol. The third kappa shape index (κ3) is 2.30. The lowest BCUT2D eigenvalue weighted by Gasteiger charge is -2.20.